The molecule has 3 rings (SSSR count). The summed E-state index contributed by atoms with van der Waals surface area (Å²) in [5.41, 5.74) is 1.95. The number of rotatable bonds is 5. The monoisotopic (exact) mass is 347 g/mol. The molecule has 0 aromatic heterocycles. The van der Waals surface area contributed by atoms with Crippen LogP contribution in [0.25, 0.3) is 0 Å². The Labute approximate surface area is 147 Å². The lowest BCUT2D eigenvalue weighted by Crippen LogP contribution is -2.47. The molecule has 1 saturated heterocycles. The van der Waals surface area contributed by atoms with E-state index < -0.39 is 0 Å². The highest BCUT2D eigenvalue weighted by atomic mass is 32.2. The van der Waals surface area contributed by atoms with Gasteiger partial charge in [0.25, 0.3) is 0 Å². The second-order valence-corrected chi connectivity index (χ2v) is 7.88. The van der Waals surface area contributed by atoms with Crippen LogP contribution in [0.4, 0.5) is 5.69 Å². The molecule has 24 heavy (non-hydrogen) atoms. The zero-order valence-electron chi connectivity index (χ0n) is 14.3. The van der Waals surface area contributed by atoms with E-state index in [1.54, 1.807) is 16.7 Å². The molecule has 1 atom stereocenters. The van der Waals surface area contributed by atoms with E-state index in [4.69, 9.17) is 0 Å². The van der Waals surface area contributed by atoms with Crippen molar-refractivity contribution in [3.8, 4) is 0 Å². The standard InChI is InChI=1S/C18H25N3O2S/c1-20(2)10-13-5-3-8-15(9-13)19-17(22)16-11-24-12-21(16)18(23)14-6-4-7-14/h3,5,8-9,14,16H,4,6-7,10-12H2,1-2H3,(H,19,22)/t16-/m0/s1. The van der Waals surface area contributed by atoms with Crippen LogP contribution < -0.4 is 5.32 Å². The first kappa shape index (κ1) is 17.3. The Bertz CT molecular complexity index is 616. The quantitative estimate of drug-likeness (QED) is 0.889. The van der Waals surface area contributed by atoms with Gasteiger partial charge in [-0.15, -0.1) is 11.8 Å². The minimum atomic E-state index is -0.347. The Hall–Kier alpha value is -1.53. The average Bonchev–Trinajstić information content (AvgIpc) is 2.94. The molecule has 2 fully saturated rings. The third-order valence-corrected chi connectivity index (χ3v) is 5.63. The van der Waals surface area contributed by atoms with Crippen LogP contribution >= 0.6 is 11.8 Å². The van der Waals surface area contributed by atoms with Crippen molar-refractivity contribution >= 4 is 29.3 Å². The molecule has 1 aliphatic carbocycles. The van der Waals surface area contributed by atoms with Crippen LogP contribution in [0.2, 0.25) is 0 Å². The fourth-order valence-corrected chi connectivity index (χ4v) is 4.27. The van der Waals surface area contributed by atoms with E-state index in [0.29, 0.717) is 11.6 Å². The van der Waals surface area contributed by atoms with Gasteiger partial charge in [-0.25, -0.2) is 0 Å². The lowest BCUT2D eigenvalue weighted by atomic mass is 9.84. The molecular formula is C18H25N3O2S. The number of carbonyl (C=O) groups is 2. The van der Waals surface area contributed by atoms with E-state index in [-0.39, 0.29) is 23.8 Å². The molecule has 1 heterocycles. The van der Waals surface area contributed by atoms with Crippen molar-refractivity contribution in [1.82, 2.24) is 9.80 Å². The zero-order chi connectivity index (χ0) is 17.1. The van der Waals surface area contributed by atoms with Gasteiger partial charge in [0, 0.05) is 23.9 Å². The van der Waals surface area contributed by atoms with E-state index in [9.17, 15) is 9.59 Å². The maximum Gasteiger partial charge on any atom is 0.248 e. The molecule has 0 radical (unpaired) electrons. The largest absolute Gasteiger partial charge is 0.324 e. The molecule has 1 aliphatic heterocycles. The summed E-state index contributed by atoms with van der Waals surface area (Å²) in [6, 6.07) is 7.55. The van der Waals surface area contributed by atoms with Crippen LogP contribution in [0.15, 0.2) is 24.3 Å². The first-order valence-electron chi connectivity index (χ1n) is 8.47. The molecule has 5 nitrogen and oxygen atoms in total. The predicted molar refractivity (Wildman–Crippen MR) is 97.8 cm³/mol. The minimum absolute atomic E-state index is 0.0744. The number of hydrogen-bond acceptors (Lipinski definition) is 4. The zero-order valence-corrected chi connectivity index (χ0v) is 15.1. The average molecular weight is 347 g/mol. The van der Waals surface area contributed by atoms with E-state index in [1.807, 2.05) is 38.4 Å². The number of nitrogens with one attached hydrogen (secondary N) is 1. The number of thioether (sulfide) groups is 1. The van der Waals surface area contributed by atoms with E-state index in [0.717, 1.165) is 37.1 Å². The SMILES string of the molecule is CN(C)Cc1cccc(NC(=O)[C@@H]2CSCN2C(=O)C2CCC2)c1. The van der Waals surface area contributed by atoms with Gasteiger partial charge in [-0.1, -0.05) is 18.6 Å². The van der Waals surface area contributed by atoms with Crippen molar-refractivity contribution < 1.29 is 9.59 Å². The number of nitrogens with zero attached hydrogens (tertiary/aromatic N) is 2. The second-order valence-electron chi connectivity index (χ2n) is 6.88. The highest BCUT2D eigenvalue weighted by Crippen LogP contribution is 2.32. The van der Waals surface area contributed by atoms with Gasteiger partial charge in [-0.05, 0) is 44.6 Å². The molecule has 2 aliphatic rings. The van der Waals surface area contributed by atoms with Crippen molar-refractivity contribution in [3.63, 3.8) is 0 Å². The summed E-state index contributed by atoms with van der Waals surface area (Å²) in [5, 5.41) is 2.99. The fraction of sp³-hybridized carbons (Fsp3) is 0.556. The van der Waals surface area contributed by atoms with Crippen molar-refractivity contribution in [2.45, 2.75) is 31.8 Å². The fourth-order valence-electron chi connectivity index (χ4n) is 3.10. The normalized spacial score (nSPS) is 21.0. The van der Waals surface area contributed by atoms with Crippen LogP contribution in [-0.4, -0.2) is 53.4 Å². The summed E-state index contributed by atoms with van der Waals surface area (Å²) in [7, 11) is 4.04. The smallest absolute Gasteiger partial charge is 0.248 e. The Kier molecular flexibility index (Phi) is 5.46. The minimum Gasteiger partial charge on any atom is -0.324 e. The summed E-state index contributed by atoms with van der Waals surface area (Å²) in [6.07, 6.45) is 3.08. The van der Waals surface area contributed by atoms with Gasteiger partial charge in [0.1, 0.15) is 6.04 Å². The van der Waals surface area contributed by atoms with E-state index in [2.05, 4.69) is 10.2 Å². The summed E-state index contributed by atoms with van der Waals surface area (Å²) < 4.78 is 0. The Morgan fingerprint density at radius 1 is 1.33 bits per heavy atom. The maximum atomic E-state index is 12.7. The molecule has 6 heteroatoms. The third-order valence-electron chi connectivity index (χ3n) is 4.62. The van der Waals surface area contributed by atoms with Crippen molar-refractivity contribution in [1.29, 1.82) is 0 Å². The molecule has 130 valence electrons. The molecule has 1 N–H and O–H groups in total. The van der Waals surface area contributed by atoms with Crippen LogP contribution in [0, 0.1) is 5.92 Å². The van der Waals surface area contributed by atoms with Crippen molar-refractivity contribution in [2.75, 3.05) is 31.0 Å². The Morgan fingerprint density at radius 3 is 2.79 bits per heavy atom. The predicted octanol–water partition coefficient (Wildman–Crippen LogP) is 2.39. The van der Waals surface area contributed by atoms with Crippen LogP contribution in [0.5, 0.6) is 0 Å². The van der Waals surface area contributed by atoms with Gasteiger partial charge >= 0.3 is 0 Å². The highest BCUT2D eigenvalue weighted by molar-refractivity contribution is 7.99. The number of anilines is 1. The van der Waals surface area contributed by atoms with Gasteiger partial charge in [-0.2, -0.15) is 0 Å². The van der Waals surface area contributed by atoms with Crippen molar-refractivity contribution in [3.05, 3.63) is 29.8 Å². The molecule has 0 spiro atoms. The Balaban J connectivity index is 1.64. The van der Waals surface area contributed by atoms with Crippen LogP contribution in [0.3, 0.4) is 0 Å². The topological polar surface area (TPSA) is 52.7 Å². The molecule has 1 aromatic carbocycles. The van der Waals surface area contributed by atoms with Crippen LogP contribution in [-0.2, 0) is 16.1 Å². The van der Waals surface area contributed by atoms with Gasteiger partial charge in [0.15, 0.2) is 0 Å². The molecule has 0 bridgehead atoms. The summed E-state index contributed by atoms with van der Waals surface area (Å²) in [6.45, 7) is 0.829. The summed E-state index contributed by atoms with van der Waals surface area (Å²) >= 11 is 1.66. The molecule has 1 aromatic rings. The first-order valence-corrected chi connectivity index (χ1v) is 9.63. The molecule has 2 amide bonds. The van der Waals surface area contributed by atoms with Gasteiger partial charge in [-0.3, -0.25) is 9.59 Å². The number of carbonyl (C=O) groups excluding carboxylic acids is 2. The summed E-state index contributed by atoms with van der Waals surface area (Å²) in [5.74, 6) is 1.54. The summed E-state index contributed by atoms with van der Waals surface area (Å²) in [4.78, 5) is 29.0. The number of hydrogen-bond donors (Lipinski definition) is 1. The maximum absolute atomic E-state index is 12.7. The lowest BCUT2D eigenvalue weighted by molar-refractivity contribution is -0.141. The second kappa shape index (κ2) is 7.57. The number of benzene rings is 1. The van der Waals surface area contributed by atoms with E-state index in [1.165, 1.54) is 0 Å². The van der Waals surface area contributed by atoms with E-state index >= 15 is 0 Å². The van der Waals surface area contributed by atoms with Crippen molar-refractivity contribution in [2.24, 2.45) is 5.92 Å². The highest BCUT2D eigenvalue weighted by Gasteiger charge is 2.39. The van der Waals surface area contributed by atoms with Crippen LogP contribution in [0.1, 0.15) is 24.8 Å². The molecular weight excluding hydrogens is 322 g/mol. The number of amides is 2. The van der Waals surface area contributed by atoms with Gasteiger partial charge in [0.2, 0.25) is 11.8 Å². The third kappa shape index (κ3) is 3.92. The molecule has 0 unspecified atom stereocenters. The van der Waals surface area contributed by atoms with Gasteiger partial charge < -0.3 is 15.1 Å². The first-order chi connectivity index (χ1) is 11.5. The Morgan fingerprint density at radius 2 is 2.12 bits per heavy atom. The van der Waals surface area contributed by atoms with Gasteiger partial charge in [0.05, 0.1) is 5.88 Å². The lowest BCUT2D eigenvalue weighted by Gasteiger charge is -2.31. The molecule has 1 saturated carbocycles.